The average Bonchev–Trinajstić information content (AvgIpc) is 2.43. The maximum Gasteiger partial charge on any atom is 0.126 e. The number of halogens is 3. The van der Waals surface area contributed by atoms with Crippen LogP contribution < -0.4 is 5.73 Å². The number of hydrogen-bond donors (Lipinski definition) is 1. The Morgan fingerprint density at radius 3 is 2.33 bits per heavy atom. The Balaban J connectivity index is 2.23. The van der Waals surface area contributed by atoms with Gasteiger partial charge < -0.3 is 5.73 Å². The second-order valence-corrected chi connectivity index (χ2v) is 6.21. The molecule has 2 rings (SSSR count). The molecule has 0 heterocycles. The lowest BCUT2D eigenvalue weighted by Gasteiger charge is -2.32. The molecule has 0 saturated heterocycles. The van der Waals surface area contributed by atoms with Gasteiger partial charge in [0.15, 0.2) is 0 Å². The van der Waals surface area contributed by atoms with E-state index in [0.717, 1.165) is 5.56 Å². The molecule has 0 saturated carbocycles. The molecule has 2 aromatic rings. The summed E-state index contributed by atoms with van der Waals surface area (Å²) < 4.78 is 26.8. The summed E-state index contributed by atoms with van der Waals surface area (Å²) in [7, 11) is 0. The van der Waals surface area contributed by atoms with Crippen LogP contribution in [0.2, 0.25) is 5.02 Å². The molecule has 2 N–H and O–H groups in total. The zero-order chi connectivity index (χ0) is 15.6. The van der Waals surface area contributed by atoms with Gasteiger partial charge in [-0.15, -0.1) is 0 Å². The third-order valence-corrected chi connectivity index (χ3v) is 4.20. The normalized spacial score (nSPS) is 13.2. The Hall–Kier alpha value is -1.45. The fraction of sp³-hybridized carbons (Fsp3) is 0.294. The van der Waals surface area contributed by atoms with Crippen molar-refractivity contribution in [3.63, 3.8) is 0 Å². The first-order valence-corrected chi connectivity index (χ1v) is 7.14. The highest BCUT2D eigenvalue weighted by atomic mass is 35.5. The molecule has 2 aromatic carbocycles. The quantitative estimate of drug-likeness (QED) is 0.886. The highest BCUT2D eigenvalue weighted by molar-refractivity contribution is 6.30. The smallest absolute Gasteiger partial charge is 0.126 e. The molecule has 112 valence electrons. The average molecular weight is 310 g/mol. The van der Waals surface area contributed by atoms with Gasteiger partial charge in [0.25, 0.3) is 0 Å². The number of rotatable bonds is 4. The lowest BCUT2D eigenvalue weighted by molar-refractivity contribution is 0.401. The van der Waals surface area contributed by atoms with Crippen LogP contribution in [-0.2, 0) is 11.8 Å². The number of hydrogen-bond acceptors (Lipinski definition) is 1. The molecule has 0 spiro atoms. The van der Waals surface area contributed by atoms with Crippen LogP contribution in [0.1, 0.15) is 25.0 Å². The van der Waals surface area contributed by atoms with E-state index in [4.69, 9.17) is 17.3 Å². The minimum Gasteiger partial charge on any atom is -0.327 e. The van der Waals surface area contributed by atoms with Crippen molar-refractivity contribution in [3.8, 4) is 0 Å². The largest absolute Gasteiger partial charge is 0.327 e. The molecule has 0 radical (unpaired) electrons. The zero-order valence-electron chi connectivity index (χ0n) is 12.0. The first kappa shape index (κ1) is 15.9. The van der Waals surface area contributed by atoms with Crippen LogP contribution in [0.5, 0.6) is 0 Å². The zero-order valence-corrected chi connectivity index (χ0v) is 12.8. The third kappa shape index (κ3) is 3.60. The van der Waals surface area contributed by atoms with Gasteiger partial charge in [0, 0.05) is 16.5 Å². The van der Waals surface area contributed by atoms with E-state index in [0.29, 0.717) is 17.0 Å². The van der Waals surface area contributed by atoms with Gasteiger partial charge in [-0.2, -0.15) is 0 Å². The van der Waals surface area contributed by atoms with Crippen molar-refractivity contribution in [1.29, 1.82) is 0 Å². The van der Waals surface area contributed by atoms with Crippen LogP contribution in [0, 0.1) is 11.6 Å². The molecule has 1 unspecified atom stereocenters. The van der Waals surface area contributed by atoms with E-state index in [1.807, 2.05) is 13.8 Å². The lowest BCUT2D eigenvalue weighted by Crippen LogP contribution is -2.42. The van der Waals surface area contributed by atoms with Crippen molar-refractivity contribution in [1.82, 2.24) is 0 Å². The van der Waals surface area contributed by atoms with E-state index < -0.39 is 5.41 Å². The molecule has 1 atom stereocenters. The topological polar surface area (TPSA) is 26.0 Å². The summed E-state index contributed by atoms with van der Waals surface area (Å²) in [4.78, 5) is 0. The molecule has 21 heavy (non-hydrogen) atoms. The summed E-state index contributed by atoms with van der Waals surface area (Å²) in [6.45, 7) is 3.93. The van der Waals surface area contributed by atoms with E-state index in [1.165, 1.54) is 24.3 Å². The lowest BCUT2D eigenvalue weighted by atomic mass is 9.76. The Morgan fingerprint density at radius 2 is 1.71 bits per heavy atom. The Kier molecular flexibility index (Phi) is 4.64. The SMILES string of the molecule is CC(C)(c1ccc(F)cc1)C(N)Cc1cc(Cl)ccc1F. The van der Waals surface area contributed by atoms with Crippen molar-refractivity contribution in [2.75, 3.05) is 0 Å². The fourth-order valence-electron chi connectivity index (χ4n) is 2.29. The van der Waals surface area contributed by atoms with Crippen molar-refractivity contribution in [3.05, 3.63) is 70.2 Å². The van der Waals surface area contributed by atoms with Gasteiger partial charge in [-0.1, -0.05) is 37.6 Å². The molecule has 4 heteroatoms. The molecular weight excluding hydrogens is 292 g/mol. The monoisotopic (exact) mass is 309 g/mol. The first-order chi connectivity index (χ1) is 9.80. The van der Waals surface area contributed by atoms with Crippen LogP contribution in [-0.4, -0.2) is 6.04 Å². The maximum atomic E-state index is 13.8. The summed E-state index contributed by atoms with van der Waals surface area (Å²) >= 11 is 5.90. The van der Waals surface area contributed by atoms with Gasteiger partial charge in [-0.25, -0.2) is 8.78 Å². The van der Waals surface area contributed by atoms with E-state index in [-0.39, 0.29) is 17.7 Å². The second kappa shape index (κ2) is 6.12. The fourth-order valence-corrected chi connectivity index (χ4v) is 2.48. The van der Waals surface area contributed by atoms with Crippen LogP contribution in [0.3, 0.4) is 0 Å². The van der Waals surface area contributed by atoms with Crippen molar-refractivity contribution >= 4 is 11.6 Å². The van der Waals surface area contributed by atoms with Gasteiger partial charge in [-0.05, 0) is 47.9 Å². The summed E-state index contributed by atoms with van der Waals surface area (Å²) in [5, 5.41) is 0.484. The molecule has 0 bridgehead atoms. The summed E-state index contributed by atoms with van der Waals surface area (Å²) in [5.41, 5.74) is 7.26. The Labute approximate surface area is 128 Å². The van der Waals surface area contributed by atoms with Gasteiger partial charge >= 0.3 is 0 Å². The summed E-state index contributed by atoms with van der Waals surface area (Å²) in [6, 6.07) is 10.4. The van der Waals surface area contributed by atoms with Crippen molar-refractivity contribution in [2.45, 2.75) is 31.7 Å². The number of benzene rings is 2. The van der Waals surface area contributed by atoms with E-state index >= 15 is 0 Å². The molecule has 1 nitrogen and oxygen atoms in total. The van der Waals surface area contributed by atoms with Gasteiger partial charge in [0.2, 0.25) is 0 Å². The van der Waals surface area contributed by atoms with Gasteiger partial charge in [0.05, 0.1) is 0 Å². The molecule has 0 aromatic heterocycles. The van der Waals surface area contributed by atoms with E-state index in [2.05, 4.69) is 0 Å². The summed E-state index contributed by atoms with van der Waals surface area (Å²) in [5.74, 6) is -0.603. The highest BCUT2D eigenvalue weighted by Gasteiger charge is 2.29. The molecule has 0 amide bonds. The Morgan fingerprint density at radius 1 is 1.10 bits per heavy atom. The second-order valence-electron chi connectivity index (χ2n) is 5.77. The molecule has 0 aliphatic carbocycles. The van der Waals surface area contributed by atoms with Crippen molar-refractivity contribution < 1.29 is 8.78 Å². The maximum absolute atomic E-state index is 13.8. The summed E-state index contributed by atoms with van der Waals surface area (Å²) in [6.07, 6.45) is 0.358. The van der Waals surface area contributed by atoms with Crippen LogP contribution in [0.25, 0.3) is 0 Å². The van der Waals surface area contributed by atoms with Gasteiger partial charge in [0.1, 0.15) is 11.6 Å². The van der Waals surface area contributed by atoms with Gasteiger partial charge in [-0.3, -0.25) is 0 Å². The molecule has 0 aliphatic heterocycles. The van der Waals surface area contributed by atoms with E-state index in [9.17, 15) is 8.78 Å². The van der Waals surface area contributed by atoms with Crippen LogP contribution in [0.15, 0.2) is 42.5 Å². The standard InChI is InChI=1S/C17H18ClF2N/c1-17(2,12-3-6-14(19)7-4-12)16(21)10-11-9-13(18)5-8-15(11)20/h3-9,16H,10,21H2,1-2H3. The minimum atomic E-state index is -0.414. The third-order valence-electron chi connectivity index (χ3n) is 3.96. The van der Waals surface area contributed by atoms with Crippen molar-refractivity contribution in [2.24, 2.45) is 5.73 Å². The van der Waals surface area contributed by atoms with Crippen LogP contribution >= 0.6 is 11.6 Å². The van der Waals surface area contributed by atoms with Crippen LogP contribution in [0.4, 0.5) is 8.78 Å². The predicted molar refractivity (Wildman–Crippen MR) is 82.5 cm³/mol. The first-order valence-electron chi connectivity index (χ1n) is 6.76. The molecule has 0 aliphatic rings. The van der Waals surface area contributed by atoms with E-state index in [1.54, 1.807) is 18.2 Å². The number of nitrogens with two attached hydrogens (primary N) is 1. The predicted octanol–water partition coefficient (Wildman–Crippen LogP) is 4.47. The molecular formula is C17H18ClF2N. The minimum absolute atomic E-state index is 0.288. The Bertz CT molecular complexity index is 623. The highest BCUT2D eigenvalue weighted by Crippen LogP contribution is 2.29. The molecule has 0 fully saturated rings.